The molecule has 0 atom stereocenters. The first-order valence-corrected chi connectivity index (χ1v) is 7.47. The lowest BCUT2D eigenvalue weighted by atomic mass is 9.94. The van der Waals surface area contributed by atoms with Gasteiger partial charge >= 0.3 is 0 Å². The number of carbonyl (C=O) groups excluding carboxylic acids is 1. The fraction of sp³-hybridized carbons (Fsp3) is 0.688. The van der Waals surface area contributed by atoms with Gasteiger partial charge in [0.05, 0.1) is 12.1 Å². The minimum Gasteiger partial charge on any atom is -0.388 e. The van der Waals surface area contributed by atoms with Crippen LogP contribution < -0.4 is 0 Å². The highest BCUT2D eigenvalue weighted by Crippen LogP contribution is 2.21. The monoisotopic (exact) mass is 294 g/mol. The number of aromatic nitrogens is 1. The summed E-state index contributed by atoms with van der Waals surface area (Å²) in [6.07, 6.45) is 1.27. The summed E-state index contributed by atoms with van der Waals surface area (Å²) in [4.78, 5) is 14.3. The molecule has 5 nitrogen and oxygen atoms in total. The molecule has 0 radical (unpaired) electrons. The lowest BCUT2D eigenvalue weighted by molar-refractivity contribution is -0.0758. The minimum absolute atomic E-state index is 0.106. The van der Waals surface area contributed by atoms with Crippen molar-refractivity contribution >= 4 is 5.78 Å². The molecule has 2 heterocycles. The van der Waals surface area contributed by atoms with Gasteiger partial charge < -0.3 is 14.4 Å². The number of ketones is 1. The Bertz CT molecular complexity index is 516. The van der Waals surface area contributed by atoms with Gasteiger partial charge in [-0.05, 0) is 27.0 Å². The number of rotatable bonds is 5. The first-order chi connectivity index (χ1) is 9.82. The minimum atomic E-state index is -0.727. The molecule has 5 heteroatoms. The molecule has 0 aliphatic carbocycles. The number of carbonyl (C=O) groups is 1. The summed E-state index contributed by atoms with van der Waals surface area (Å²) in [7, 11) is 3.85. The van der Waals surface area contributed by atoms with Crippen LogP contribution >= 0.6 is 0 Å². The quantitative estimate of drug-likeness (QED) is 0.832. The predicted molar refractivity (Wildman–Crippen MR) is 81.7 cm³/mol. The van der Waals surface area contributed by atoms with Crippen molar-refractivity contribution in [2.45, 2.75) is 32.3 Å². The Morgan fingerprint density at radius 2 is 2.05 bits per heavy atom. The predicted octanol–water partition coefficient (Wildman–Crippen LogP) is 1.30. The third-order valence-corrected chi connectivity index (χ3v) is 4.48. The maximum absolute atomic E-state index is 12.4. The Morgan fingerprint density at radius 1 is 1.43 bits per heavy atom. The Morgan fingerprint density at radius 3 is 2.57 bits per heavy atom. The van der Waals surface area contributed by atoms with Gasteiger partial charge in [0, 0.05) is 56.6 Å². The summed E-state index contributed by atoms with van der Waals surface area (Å²) in [5.41, 5.74) is 2.13. The molecule has 0 aromatic carbocycles. The summed E-state index contributed by atoms with van der Waals surface area (Å²) in [6.45, 7) is 5.98. The fourth-order valence-corrected chi connectivity index (χ4v) is 2.94. The molecule has 0 bridgehead atoms. The van der Waals surface area contributed by atoms with Gasteiger partial charge in [0.25, 0.3) is 0 Å². The summed E-state index contributed by atoms with van der Waals surface area (Å²) in [5.74, 6) is 0.106. The van der Waals surface area contributed by atoms with E-state index in [1.807, 2.05) is 43.5 Å². The van der Waals surface area contributed by atoms with Crippen LogP contribution in [0, 0.1) is 13.8 Å². The van der Waals surface area contributed by atoms with Gasteiger partial charge in [-0.2, -0.15) is 0 Å². The van der Waals surface area contributed by atoms with Crippen molar-refractivity contribution in [2.75, 3.05) is 33.4 Å². The van der Waals surface area contributed by atoms with Crippen LogP contribution in [0.1, 0.15) is 34.6 Å². The third-order valence-electron chi connectivity index (χ3n) is 4.48. The molecule has 1 aliphatic rings. The van der Waals surface area contributed by atoms with E-state index in [1.54, 1.807) is 0 Å². The van der Waals surface area contributed by atoms with E-state index in [0.717, 1.165) is 17.0 Å². The number of nitrogens with zero attached hydrogens (tertiary/aromatic N) is 2. The molecule has 1 N–H and O–H groups in total. The molecule has 0 saturated carbocycles. The first kappa shape index (κ1) is 16.2. The largest absolute Gasteiger partial charge is 0.388 e. The van der Waals surface area contributed by atoms with E-state index in [1.165, 1.54) is 0 Å². The Balaban J connectivity index is 1.97. The van der Waals surface area contributed by atoms with Crippen molar-refractivity contribution in [3.63, 3.8) is 0 Å². The van der Waals surface area contributed by atoms with Gasteiger partial charge in [0.2, 0.25) is 0 Å². The topological polar surface area (TPSA) is 54.7 Å². The van der Waals surface area contributed by atoms with E-state index in [2.05, 4.69) is 0 Å². The van der Waals surface area contributed by atoms with Crippen LogP contribution in [0.4, 0.5) is 0 Å². The van der Waals surface area contributed by atoms with Crippen molar-refractivity contribution in [3.8, 4) is 0 Å². The van der Waals surface area contributed by atoms with Crippen molar-refractivity contribution in [3.05, 3.63) is 23.0 Å². The van der Waals surface area contributed by atoms with Crippen molar-refractivity contribution < 1.29 is 14.6 Å². The van der Waals surface area contributed by atoms with Crippen LogP contribution in [-0.2, 0) is 11.8 Å². The Kier molecular flexibility index (Phi) is 4.86. The molecule has 1 aromatic rings. The molecule has 0 unspecified atom stereocenters. The second kappa shape index (κ2) is 6.30. The number of aliphatic hydroxyl groups is 1. The lowest BCUT2D eigenvalue weighted by Crippen LogP contribution is -2.46. The molecule has 1 aromatic heterocycles. The molecule has 1 fully saturated rings. The summed E-state index contributed by atoms with van der Waals surface area (Å²) in [6, 6.07) is 1.94. The molecule has 21 heavy (non-hydrogen) atoms. The summed E-state index contributed by atoms with van der Waals surface area (Å²) in [5, 5.41) is 10.5. The van der Waals surface area contributed by atoms with Crippen molar-refractivity contribution in [2.24, 2.45) is 7.05 Å². The average molecular weight is 294 g/mol. The smallest absolute Gasteiger partial charge is 0.178 e. The van der Waals surface area contributed by atoms with Crippen LogP contribution in [0.25, 0.3) is 0 Å². The summed E-state index contributed by atoms with van der Waals surface area (Å²) >= 11 is 0. The highest BCUT2D eigenvalue weighted by atomic mass is 16.5. The highest BCUT2D eigenvalue weighted by Gasteiger charge is 2.31. The molecule has 1 saturated heterocycles. The van der Waals surface area contributed by atoms with Crippen LogP contribution in [0.15, 0.2) is 6.07 Å². The molecular weight excluding hydrogens is 268 g/mol. The van der Waals surface area contributed by atoms with E-state index >= 15 is 0 Å². The standard InChI is InChI=1S/C16H26N2O3/c1-12-9-14(13(2)18(12)4)15(19)10-17(3)11-16(20)5-7-21-8-6-16/h9,20H,5-8,10-11H2,1-4H3. The molecule has 2 rings (SSSR count). The van der Waals surface area contributed by atoms with Crippen LogP contribution in [0.5, 0.6) is 0 Å². The maximum Gasteiger partial charge on any atom is 0.178 e. The summed E-state index contributed by atoms with van der Waals surface area (Å²) < 4.78 is 7.31. The molecule has 118 valence electrons. The molecule has 1 aliphatic heterocycles. The van der Waals surface area contributed by atoms with Crippen LogP contribution in [0.2, 0.25) is 0 Å². The number of aryl methyl sites for hydroxylation is 1. The number of ether oxygens (including phenoxy) is 1. The van der Waals surface area contributed by atoms with E-state index in [-0.39, 0.29) is 5.78 Å². The zero-order valence-electron chi connectivity index (χ0n) is 13.5. The first-order valence-electron chi connectivity index (χ1n) is 7.47. The lowest BCUT2D eigenvalue weighted by Gasteiger charge is -2.35. The Labute approximate surface area is 126 Å². The number of Topliss-reactive ketones (excluding diaryl/α,β-unsaturated/α-hetero) is 1. The van der Waals surface area contributed by atoms with Crippen LogP contribution in [-0.4, -0.2) is 59.3 Å². The van der Waals surface area contributed by atoms with Crippen LogP contribution in [0.3, 0.4) is 0 Å². The van der Waals surface area contributed by atoms with Gasteiger partial charge in [-0.1, -0.05) is 0 Å². The maximum atomic E-state index is 12.4. The van der Waals surface area contributed by atoms with Crippen molar-refractivity contribution in [1.82, 2.24) is 9.47 Å². The zero-order chi connectivity index (χ0) is 15.6. The van der Waals surface area contributed by atoms with E-state index in [4.69, 9.17) is 4.74 Å². The van der Waals surface area contributed by atoms with Gasteiger partial charge in [-0.25, -0.2) is 0 Å². The van der Waals surface area contributed by atoms with Gasteiger partial charge in [-0.15, -0.1) is 0 Å². The second-order valence-electron chi connectivity index (χ2n) is 6.28. The normalized spacial score (nSPS) is 18.2. The van der Waals surface area contributed by atoms with E-state index in [0.29, 0.717) is 39.1 Å². The number of hydrogen-bond donors (Lipinski definition) is 1. The Hall–Kier alpha value is -1.17. The van der Waals surface area contributed by atoms with E-state index in [9.17, 15) is 9.90 Å². The van der Waals surface area contributed by atoms with Crippen molar-refractivity contribution in [1.29, 1.82) is 0 Å². The van der Waals surface area contributed by atoms with E-state index < -0.39 is 5.60 Å². The molecule has 0 spiro atoms. The van der Waals surface area contributed by atoms with Gasteiger partial charge in [-0.3, -0.25) is 9.69 Å². The van der Waals surface area contributed by atoms with Gasteiger partial charge in [0.1, 0.15) is 0 Å². The number of hydrogen-bond acceptors (Lipinski definition) is 4. The molecule has 0 amide bonds. The fourth-order valence-electron chi connectivity index (χ4n) is 2.94. The SMILES string of the molecule is Cc1cc(C(=O)CN(C)CC2(O)CCOCC2)c(C)n1C. The third kappa shape index (κ3) is 3.73. The molecular formula is C16H26N2O3. The highest BCUT2D eigenvalue weighted by molar-refractivity contribution is 5.99. The number of likely N-dealkylation sites (N-methyl/N-ethyl adjacent to an activating group) is 1. The average Bonchev–Trinajstić information content (AvgIpc) is 2.66. The van der Waals surface area contributed by atoms with Gasteiger partial charge in [0.15, 0.2) is 5.78 Å². The zero-order valence-corrected chi connectivity index (χ0v) is 13.5. The second-order valence-corrected chi connectivity index (χ2v) is 6.28.